The van der Waals surface area contributed by atoms with Crippen molar-refractivity contribution in [3.8, 4) is 0 Å². The van der Waals surface area contributed by atoms with Gasteiger partial charge in [-0.15, -0.1) is 0 Å². The largest absolute Gasteiger partial charge is 0.369 e. The van der Waals surface area contributed by atoms with Crippen LogP contribution in [0.1, 0.15) is 29.4 Å². The molecular weight excluding hydrogens is 334 g/mol. The van der Waals surface area contributed by atoms with E-state index in [0.717, 1.165) is 23.0 Å². The molecule has 7 heteroatoms. The van der Waals surface area contributed by atoms with Crippen LogP contribution in [0.15, 0.2) is 29.1 Å². The van der Waals surface area contributed by atoms with Crippen LogP contribution in [0.5, 0.6) is 0 Å². The third-order valence-electron chi connectivity index (χ3n) is 2.72. The minimum atomic E-state index is -0.331. The van der Waals surface area contributed by atoms with E-state index < -0.39 is 0 Å². The maximum atomic E-state index is 12.1. The van der Waals surface area contributed by atoms with E-state index in [1.54, 1.807) is 12.4 Å². The Labute approximate surface area is 131 Å². The number of hydrogen-bond donors (Lipinski definition) is 2. The Balaban J connectivity index is 2.06. The Morgan fingerprint density at radius 1 is 1.24 bits per heavy atom. The average Bonchev–Trinajstić information content (AvgIpc) is 2.48. The SMILES string of the molecule is CCCNc1cnc(C(=O)Nc2ncc(Br)cc2C)cn1. The van der Waals surface area contributed by atoms with Crippen LogP contribution in [0.2, 0.25) is 0 Å². The molecule has 0 saturated carbocycles. The van der Waals surface area contributed by atoms with Crippen molar-refractivity contribution in [1.29, 1.82) is 0 Å². The van der Waals surface area contributed by atoms with Crippen LogP contribution < -0.4 is 10.6 Å². The molecule has 0 radical (unpaired) electrons. The van der Waals surface area contributed by atoms with Gasteiger partial charge in [0, 0.05) is 17.2 Å². The molecule has 0 atom stereocenters. The molecule has 110 valence electrons. The summed E-state index contributed by atoms with van der Waals surface area (Å²) < 4.78 is 0.865. The molecular formula is C14H16BrN5O. The molecule has 0 aromatic carbocycles. The van der Waals surface area contributed by atoms with E-state index in [4.69, 9.17) is 0 Å². The van der Waals surface area contributed by atoms with Crippen LogP contribution in [0.4, 0.5) is 11.6 Å². The summed E-state index contributed by atoms with van der Waals surface area (Å²) in [6, 6.07) is 1.88. The minimum Gasteiger partial charge on any atom is -0.369 e. The van der Waals surface area contributed by atoms with Gasteiger partial charge in [0.05, 0.1) is 12.4 Å². The molecule has 21 heavy (non-hydrogen) atoms. The number of hydrogen-bond acceptors (Lipinski definition) is 5. The maximum Gasteiger partial charge on any atom is 0.277 e. The van der Waals surface area contributed by atoms with Crippen molar-refractivity contribution < 1.29 is 4.79 Å². The zero-order valence-electron chi connectivity index (χ0n) is 11.9. The minimum absolute atomic E-state index is 0.251. The lowest BCUT2D eigenvalue weighted by Crippen LogP contribution is -2.16. The Morgan fingerprint density at radius 3 is 2.67 bits per heavy atom. The zero-order chi connectivity index (χ0) is 15.2. The zero-order valence-corrected chi connectivity index (χ0v) is 13.4. The van der Waals surface area contributed by atoms with Gasteiger partial charge in [-0.05, 0) is 40.9 Å². The molecule has 6 nitrogen and oxygen atoms in total. The van der Waals surface area contributed by atoms with E-state index in [9.17, 15) is 4.79 Å². The van der Waals surface area contributed by atoms with Gasteiger partial charge in [-0.1, -0.05) is 6.92 Å². The molecule has 0 unspecified atom stereocenters. The normalized spacial score (nSPS) is 10.2. The first-order valence-corrected chi connectivity index (χ1v) is 7.39. The summed E-state index contributed by atoms with van der Waals surface area (Å²) in [5, 5.41) is 5.83. The van der Waals surface area contributed by atoms with E-state index in [1.165, 1.54) is 6.20 Å². The second-order valence-electron chi connectivity index (χ2n) is 4.49. The maximum absolute atomic E-state index is 12.1. The first-order chi connectivity index (χ1) is 10.1. The predicted molar refractivity (Wildman–Crippen MR) is 85.4 cm³/mol. The van der Waals surface area contributed by atoms with Crippen LogP contribution >= 0.6 is 15.9 Å². The number of amides is 1. The summed E-state index contributed by atoms with van der Waals surface area (Å²) in [6.45, 7) is 4.76. The number of halogens is 1. The summed E-state index contributed by atoms with van der Waals surface area (Å²) in [4.78, 5) is 24.5. The summed E-state index contributed by atoms with van der Waals surface area (Å²) in [6.07, 6.45) is 5.62. The van der Waals surface area contributed by atoms with Crippen LogP contribution in [-0.2, 0) is 0 Å². The highest BCUT2D eigenvalue weighted by Crippen LogP contribution is 2.17. The highest BCUT2D eigenvalue weighted by Gasteiger charge is 2.11. The van der Waals surface area contributed by atoms with Gasteiger partial charge in [0.15, 0.2) is 0 Å². The fraction of sp³-hybridized carbons (Fsp3) is 0.286. The lowest BCUT2D eigenvalue weighted by atomic mass is 10.3. The molecule has 0 aliphatic carbocycles. The standard InChI is InChI=1S/C14H16BrN5O/c1-3-4-16-12-8-17-11(7-18-12)14(21)20-13-9(2)5-10(15)6-19-13/h5-8H,3-4H2,1-2H3,(H,16,18)(H,19,20,21). The summed E-state index contributed by atoms with van der Waals surface area (Å²) >= 11 is 3.33. The number of rotatable bonds is 5. The van der Waals surface area contributed by atoms with Crippen molar-refractivity contribution in [2.24, 2.45) is 0 Å². The van der Waals surface area contributed by atoms with Gasteiger partial charge >= 0.3 is 0 Å². The molecule has 2 aromatic rings. The molecule has 0 aliphatic heterocycles. The number of nitrogens with one attached hydrogen (secondary N) is 2. The quantitative estimate of drug-likeness (QED) is 0.867. The second-order valence-corrected chi connectivity index (χ2v) is 5.40. The van der Waals surface area contributed by atoms with Gasteiger partial charge in [-0.3, -0.25) is 4.79 Å². The number of carbonyl (C=O) groups excluding carboxylic acids is 1. The third kappa shape index (κ3) is 4.22. The van der Waals surface area contributed by atoms with Crippen molar-refractivity contribution in [3.63, 3.8) is 0 Å². The van der Waals surface area contributed by atoms with Crippen LogP contribution in [-0.4, -0.2) is 27.4 Å². The van der Waals surface area contributed by atoms with E-state index in [2.05, 4.69) is 48.4 Å². The van der Waals surface area contributed by atoms with Gasteiger partial charge in [-0.25, -0.2) is 15.0 Å². The second kappa shape index (κ2) is 7.12. The van der Waals surface area contributed by atoms with Crippen molar-refractivity contribution in [2.45, 2.75) is 20.3 Å². The highest BCUT2D eigenvalue weighted by atomic mass is 79.9. The molecule has 2 aromatic heterocycles. The predicted octanol–water partition coefficient (Wildman–Crippen LogP) is 3.02. The number of aromatic nitrogens is 3. The fourth-order valence-electron chi connectivity index (χ4n) is 1.63. The summed E-state index contributed by atoms with van der Waals surface area (Å²) in [5.41, 5.74) is 1.12. The molecule has 2 N–H and O–H groups in total. The average molecular weight is 350 g/mol. The van der Waals surface area contributed by atoms with E-state index >= 15 is 0 Å². The summed E-state index contributed by atoms with van der Waals surface area (Å²) in [5.74, 6) is 0.840. The Bertz CT molecular complexity index is 630. The van der Waals surface area contributed by atoms with Crippen molar-refractivity contribution >= 4 is 33.5 Å². The first kappa shape index (κ1) is 15.4. The lowest BCUT2D eigenvalue weighted by molar-refractivity contribution is 0.102. The number of carbonyl (C=O) groups is 1. The molecule has 2 heterocycles. The summed E-state index contributed by atoms with van der Waals surface area (Å²) in [7, 11) is 0. The Morgan fingerprint density at radius 2 is 2.05 bits per heavy atom. The molecule has 0 fully saturated rings. The van der Waals surface area contributed by atoms with E-state index in [1.807, 2.05) is 13.0 Å². The highest BCUT2D eigenvalue weighted by molar-refractivity contribution is 9.10. The Hall–Kier alpha value is -2.02. The van der Waals surface area contributed by atoms with Crippen molar-refractivity contribution in [1.82, 2.24) is 15.0 Å². The molecule has 0 aliphatic rings. The molecule has 0 saturated heterocycles. The number of pyridine rings is 1. The molecule has 2 rings (SSSR count). The lowest BCUT2D eigenvalue weighted by Gasteiger charge is -2.07. The van der Waals surface area contributed by atoms with Gasteiger partial charge in [0.25, 0.3) is 5.91 Å². The first-order valence-electron chi connectivity index (χ1n) is 6.59. The van der Waals surface area contributed by atoms with Gasteiger partial charge in [0.1, 0.15) is 17.3 Å². The number of anilines is 2. The van der Waals surface area contributed by atoms with Crippen molar-refractivity contribution in [3.05, 3.63) is 40.4 Å². The van der Waals surface area contributed by atoms with Gasteiger partial charge < -0.3 is 10.6 Å². The van der Waals surface area contributed by atoms with Crippen LogP contribution in [0.25, 0.3) is 0 Å². The monoisotopic (exact) mass is 349 g/mol. The van der Waals surface area contributed by atoms with E-state index in [0.29, 0.717) is 11.6 Å². The molecule has 1 amide bonds. The Kier molecular flexibility index (Phi) is 5.21. The van der Waals surface area contributed by atoms with Crippen molar-refractivity contribution in [2.75, 3.05) is 17.2 Å². The molecule has 0 spiro atoms. The molecule has 0 bridgehead atoms. The van der Waals surface area contributed by atoms with Gasteiger partial charge in [0.2, 0.25) is 0 Å². The van der Waals surface area contributed by atoms with Crippen LogP contribution in [0.3, 0.4) is 0 Å². The fourth-order valence-corrected chi connectivity index (χ4v) is 2.08. The topological polar surface area (TPSA) is 79.8 Å². The van der Waals surface area contributed by atoms with Crippen LogP contribution in [0, 0.1) is 6.92 Å². The van der Waals surface area contributed by atoms with Gasteiger partial charge in [-0.2, -0.15) is 0 Å². The number of aryl methyl sites for hydroxylation is 1. The number of nitrogens with zero attached hydrogens (tertiary/aromatic N) is 3. The smallest absolute Gasteiger partial charge is 0.277 e. The third-order valence-corrected chi connectivity index (χ3v) is 3.15. The van der Waals surface area contributed by atoms with E-state index in [-0.39, 0.29) is 11.6 Å².